The molecule has 20 heavy (non-hydrogen) atoms. The van der Waals surface area contributed by atoms with Gasteiger partial charge in [0.15, 0.2) is 0 Å². The second-order valence-electron chi connectivity index (χ2n) is 6.57. The summed E-state index contributed by atoms with van der Waals surface area (Å²) in [4.78, 5) is 19.7. The Morgan fingerprint density at radius 2 is 2.05 bits per heavy atom. The Kier molecular flexibility index (Phi) is 4.58. The second-order valence-corrected chi connectivity index (χ2v) is 6.57. The van der Waals surface area contributed by atoms with Gasteiger partial charge in [-0.2, -0.15) is 0 Å². The molecule has 3 heterocycles. The maximum Gasteiger partial charge on any atom is 0.237 e. The minimum absolute atomic E-state index is 0.339. The van der Waals surface area contributed by atoms with Gasteiger partial charge in [0.25, 0.3) is 0 Å². The van der Waals surface area contributed by atoms with Crippen LogP contribution >= 0.6 is 0 Å². The number of nitrogens with zero attached hydrogens (tertiary/aromatic N) is 3. The number of carbonyl (C=O) groups excluding carboxylic acids is 1. The summed E-state index contributed by atoms with van der Waals surface area (Å²) in [5, 5.41) is 3.40. The highest BCUT2D eigenvalue weighted by Crippen LogP contribution is 2.24. The molecule has 0 aromatic rings. The van der Waals surface area contributed by atoms with E-state index in [9.17, 15) is 4.79 Å². The number of fused-ring (bicyclic) bond motifs is 1. The molecular formula is C15H28N4O. The van der Waals surface area contributed by atoms with Crippen molar-refractivity contribution in [2.45, 2.75) is 38.3 Å². The summed E-state index contributed by atoms with van der Waals surface area (Å²) in [5.41, 5.74) is 0. The number of amides is 1. The average molecular weight is 280 g/mol. The molecule has 2 atom stereocenters. The first-order valence-corrected chi connectivity index (χ1v) is 8.20. The molecule has 2 unspecified atom stereocenters. The second kappa shape index (κ2) is 6.41. The Morgan fingerprint density at radius 3 is 2.95 bits per heavy atom. The third-order valence-corrected chi connectivity index (χ3v) is 5.05. The number of hydrogen-bond acceptors (Lipinski definition) is 4. The average Bonchev–Trinajstić information content (AvgIpc) is 2.72. The van der Waals surface area contributed by atoms with Crippen LogP contribution in [0.3, 0.4) is 0 Å². The zero-order valence-corrected chi connectivity index (χ0v) is 12.7. The molecule has 0 spiro atoms. The topological polar surface area (TPSA) is 38.8 Å². The fourth-order valence-corrected chi connectivity index (χ4v) is 3.88. The Labute approximate surface area is 122 Å². The van der Waals surface area contributed by atoms with E-state index < -0.39 is 0 Å². The molecule has 3 rings (SSSR count). The van der Waals surface area contributed by atoms with Crippen LogP contribution in [0.15, 0.2) is 0 Å². The first-order chi connectivity index (χ1) is 9.74. The van der Waals surface area contributed by atoms with Crippen LogP contribution in [0.1, 0.15) is 26.2 Å². The maximum absolute atomic E-state index is 12.6. The van der Waals surface area contributed by atoms with Gasteiger partial charge in [0.2, 0.25) is 5.91 Å². The van der Waals surface area contributed by atoms with Crippen molar-refractivity contribution in [1.29, 1.82) is 0 Å². The highest BCUT2D eigenvalue weighted by atomic mass is 16.2. The number of rotatable bonds is 2. The zero-order chi connectivity index (χ0) is 13.9. The first-order valence-electron chi connectivity index (χ1n) is 8.20. The van der Waals surface area contributed by atoms with Crippen LogP contribution in [0.4, 0.5) is 0 Å². The number of piperazine rings is 1. The van der Waals surface area contributed by atoms with Gasteiger partial charge in [-0.15, -0.1) is 0 Å². The fourth-order valence-electron chi connectivity index (χ4n) is 3.88. The first kappa shape index (κ1) is 14.3. The summed E-state index contributed by atoms with van der Waals surface area (Å²) in [6.45, 7) is 10.2. The third-order valence-electron chi connectivity index (χ3n) is 5.05. The molecule has 0 aromatic carbocycles. The van der Waals surface area contributed by atoms with E-state index in [4.69, 9.17) is 0 Å². The standard InChI is InChI=1S/C15H28N4O/c1-13-10-18-8-2-4-14(18)11-19(13)15(20)12-17-7-3-5-16-6-9-17/h13-14,16H,2-12H2,1H3. The van der Waals surface area contributed by atoms with Crippen molar-refractivity contribution in [3.05, 3.63) is 0 Å². The van der Waals surface area contributed by atoms with Gasteiger partial charge in [0.05, 0.1) is 6.54 Å². The number of hydrogen-bond donors (Lipinski definition) is 1. The summed E-state index contributed by atoms with van der Waals surface area (Å²) < 4.78 is 0. The summed E-state index contributed by atoms with van der Waals surface area (Å²) in [5.74, 6) is 0.339. The molecule has 5 nitrogen and oxygen atoms in total. The summed E-state index contributed by atoms with van der Waals surface area (Å²) in [6.07, 6.45) is 3.72. The van der Waals surface area contributed by atoms with Crippen molar-refractivity contribution in [3.63, 3.8) is 0 Å². The molecule has 0 radical (unpaired) electrons. The van der Waals surface area contributed by atoms with Gasteiger partial charge in [-0.05, 0) is 45.8 Å². The van der Waals surface area contributed by atoms with E-state index in [1.54, 1.807) is 0 Å². The van der Waals surface area contributed by atoms with Crippen LogP contribution in [-0.2, 0) is 4.79 Å². The van der Waals surface area contributed by atoms with E-state index in [0.29, 0.717) is 24.5 Å². The van der Waals surface area contributed by atoms with Crippen molar-refractivity contribution in [2.75, 3.05) is 52.4 Å². The monoisotopic (exact) mass is 280 g/mol. The highest BCUT2D eigenvalue weighted by molar-refractivity contribution is 5.78. The molecule has 1 N–H and O–H groups in total. The van der Waals surface area contributed by atoms with Gasteiger partial charge in [-0.3, -0.25) is 14.6 Å². The van der Waals surface area contributed by atoms with E-state index in [2.05, 4.69) is 26.9 Å². The minimum Gasteiger partial charge on any atom is -0.336 e. The van der Waals surface area contributed by atoms with E-state index in [1.165, 1.54) is 19.4 Å². The normalized spacial score (nSPS) is 33.0. The molecular weight excluding hydrogens is 252 g/mol. The third kappa shape index (κ3) is 3.15. The predicted molar refractivity (Wildman–Crippen MR) is 79.7 cm³/mol. The van der Waals surface area contributed by atoms with Gasteiger partial charge < -0.3 is 10.2 Å². The number of nitrogens with one attached hydrogen (secondary N) is 1. The molecule has 3 aliphatic rings. The van der Waals surface area contributed by atoms with Gasteiger partial charge in [-0.25, -0.2) is 0 Å². The van der Waals surface area contributed by atoms with Crippen molar-refractivity contribution in [1.82, 2.24) is 20.0 Å². The molecule has 3 saturated heterocycles. The smallest absolute Gasteiger partial charge is 0.237 e. The predicted octanol–water partition coefficient (Wildman–Crippen LogP) is -0.0232. The Balaban J connectivity index is 1.55. The molecule has 0 saturated carbocycles. The van der Waals surface area contributed by atoms with Crippen LogP contribution in [0.25, 0.3) is 0 Å². The molecule has 0 aliphatic carbocycles. The molecule has 0 aromatic heterocycles. The maximum atomic E-state index is 12.6. The summed E-state index contributed by atoms with van der Waals surface area (Å²) in [7, 11) is 0. The van der Waals surface area contributed by atoms with Gasteiger partial charge >= 0.3 is 0 Å². The SMILES string of the molecule is CC1CN2CCCC2CN1C(=O)CN1CCCNCC1. The quantitative estimate of drug-likeness (QED) is 0.771. The van der Waals surface area contributed by atoms with E-state index in [0.717, 1.165) is 45.7 Å². The Bertz CT molecular complexity index is 341. The molecule has 3 fully saturated rings. The molecule has 114 valence electrons. The number of carbonyl (C=O) groups is 1. The van der Waals surface area contributed by atoms with Crippen LogP contribution in [0.2, 0.25) is 0 Å². The fraction of sp³-hybridized carbons (Fsp3) is 0.933. The minimum atomic E-state index is 0.339. The summed E-state index contributed by atoms with van der Waals surface area (Å²) in [6, 6.07) is 1.00. The van der Waals surface area contributed by atoms with Gasteiger partial charge in [-0.1, -0.05) is 0 Å². The van der Waals surface area contributed by atoms with Crippen molar-refractivity contribution in [2.24, 2.45) is 0 Å². The Morgan fingerprint density at radius 1 is 1.15 bits per heavy atom. The zero-order valence-electron chi connectivity index (χ0n) is 12.7. The van der Waals surface area contributed by atoms with Crippen LogP contribution < -0.4 is 5.32 Å². The largest absolute Gasteiger partial charge is 0.336 e. The van der Waals surface area contributed by atoms with Crippen LogP contribution in [0.5, 0.6) is 0 Å². The van der Waals surface area contributed by atoms with Gasteiger partial charge in [0, 0.05) is 38.3 Å². The molecule has 0 bridgehead atoms. The molecule has 1 amide bonds. The lowest BCUT2D eigenvalue weighted by Crippen LogP contribution is -2.58. The van der Waals surface area contributed by atoms with E-state index in [1.807, 2.05) is 0 Å². The van der Waals surface area contributed by atoms with Crippen molar-refractivity contribution in [3.8, 4) is 0 Å². The van der Waals surface area contributed by atoms with Gasteiger partial charge in [0.1, 0.15) is 0 Å². The lowest BCUT2D eigenvalue weighted by Gasteiger charge is -2.43. The van der Waals surface area contributed by atoms with Crippen LogP contribution in [-0.4, -0.2) is 85.0 Å². The van der Waals surface area contributed by atoms with E-state index >= 15 is 0 Å². The summed E-state index contributed by atoms with van der Waals surface area (Å²) >= 11 is 0. The molecule has 5 heteroatoms. The van der Waals surface area contributed by atoms with Crippen molar-refractivity contribution >= 4 is 5.91 Å². The molecule has 3 aliphatic heterocycles. The lowest BCUT2D eigenvalue weighted by molar-refractivity contribution is -0.137. The van der Waals surface area contributed by atoms with Crippen molar-refractivity contribution < 1.29 is 4.79 Å². The lowest BCUT2D eigenvalue weighted by atomic mass is 10.1. The van der Waals surface area contributed by atoms with E-state index in [-0.39, 0.29) is 0 Å². The Hall–Kier alpha value is -0.650. The van der Waals surface area contributed by atoms with Crippen LogP contribution in [0, 0.1) is 0 Å². The highest BCUT2D eigenvalue weighted by Gasteiger charge is 2.36.